The monoisotopic (exact) mass is 432 g/mol. The van der Waals surface area contributed by atoms with E-state index in [0.717, 1.165) is 29.7 Å². The van der Waals surface area contributed by atoms with Gasteiger partial charge in [-0.25, -0.2) is 4.98 Å². The highest BCUT2D eigenvalue weighted by atomic mass is 19.4. The number of benzene rings is 2. The van der Waals surface area contributed by atoms with Gasteiger partial charge in [-0.05, 0) is 58.8 Å². The van der Waals surface area contributed by atoms with Gasteiger partial charge in [-0.1, -0.05) is 6.07 Å². The summed E-state index contributed by atoms with van der Waals surface area (Å²) < 4.78 is 43.9. The van der Waals surface area contributed by atoms with Crippen molar-refractivity contribution in [1.29, 1.82) is 0 Å². The Morgan fingerprint density at radius 3 is 2.35 bits per heavy atom. The van der Waals surface area contributed by atoms with Gasteiger partial charge in [0.05, 0.1) is 5.56 Å². The highest BCUT2D eigenvalue weighted by Crippen LogP contribution is 2.33. The highest BCUT2D eigenvalue weighted by molar-refractivity contribution is 5.53. The molecule has 0 aliphatic carbocycles. The van der Waals surface area contributed by atoms with Crippen molar-refractivity contribution in [2.75, 3.05) is 18.5 Å². The van der Waals surface area contributed by atoms with Crippen molar-refractivity contribution >= 4 is 11.5 Å². The maximum Gasteiger partial charge on any atom is 0.416 e. The molecule has 0 saturated carbocycles. The van der Waals surface area contributed by atoms with E-state index in [4.69, 9.17) is 4.74 Å². The van der Waals surface area contributed by atoms with E-state index in [0.29, 0.717) is 30.4 Å². The molecule has 162 valence electrons. The fourth-order valence-electron chi connectivity index (χ4n) is 3.48. The first-order chi connectivity index (χ1) is 14.6. The number of hydroxylamine groups is 2. The second-order valence-corrected chi connectivity index (χ2v) is 7.51. The van der Waals surface area contributed by atoms with E-state index in [9.17, 15) is 23.6 Å². The van der Waals surface area contributed by atoms with Crippen molar-refractivity contribution in [2.24, 2.45) is 0 Å². The summed E-state index contributed by atoms with van der Waals surface area (Å²) in [4.78, 5) is 5.07. The van der Waals surface area contributed by atoms with Crippen LogP contribution in [-0.4, -0.2) is 29.0 Å². The van der Waals surface area contributed by atoms with Crippen molar-refractivity contribution in [3.05, 3.63) is 77.5 Å². The van der Waals surface area contributed by atoms with Gasteiger partial charge in [-0.2, -0.15) is 23.6 Å². The predicted molar refractivity (Wildman–Crippen MR) is 108 cm³/mol. The molecule has 0 spiro atoms. The van der Waals surface area contributed by atoms with E-state index in [1.165, 1.54) is 31.4 Å². The van der Waals surface area contributed by atoms with Gasteiger partial charge >= 0.3 is 6.18 Å². The lowest BCUT2D eigenvalue weighted by Crippen LogP contribution is -2.37. The maximum atomic E-state index is 12.7. The van der Waals surface area contributed by atoms with E-state index < -0.39 is 16.5 Å². The Morgan fingerprint density at radius 1 is 0.968 bits per heavy atom. The second kappa shape index (κ2) is 7.84. The fourth-order valence-corrected chi connectivity index (χ4v) is 3.48. The Balaban J connectivity index is 1.52. The maximum absolute atomic E-state index is 12.7. The molecule has 0 unspecified atom stereocenters. The van der Waals surface area contributed by atoms with Crippen LogP contribution in [0.25, 0.3) is 0 Å². The molecule has 0 fully saturated rings. The van der Waals surface area contributed by atoms with Gasteiger partial charge in [-0.3, -0.25) is 0 Å². The fraction of sp³-hybridized carbons (Fsp3) is 0.227. The van der Waals surface area contributed by atoms with Crippen LogP contribution in [0.15, 0.2) is 60.8 Å². The first-order valence-electron chi connectivity index (χ1n) is 9.60. The zero-order valence-corrected chi connectivity index (χ0v) is 16.7. The van der Waals surface area contributed by atoms with Crippen LogP contribution in [0.4, 0.5) is 24.7 Å². The van der Waals surface area contributed by atoms with E-state index in [2.05, 4.69) is 4.98 Å². The lowest BCUT2D eigenvalue weighted by atomic mass is 9.99. The summed E-state index contributed by atoms with van der Waals surface area (Å²) in [5.41, 5.74) is 1.72. The Hall–Kier alpha value is -3.14. The van der Waals surface area contributed by atoms with Crippen LogP contribution in [0, 0.1) is 0 Å². The molecule has 2 aromatic carbocycles. The molecule has 0 bridgehead atoms. The number of ether oxygens (including phenoxy) is 1. The molecule has 3 aromatic rings. The van der Waals surface area contributed by atoms with E-state index in [1.54, 1.807) is 12.1 Å². The number of quaternary nitrogens is 1. The van der Waals surface area contributed by atoms with Crippen LogP contribution in [0.1, 0.15) is 16.7 Å². The van der Waals surface area contributed by atoms with Gasteiger partial charge in [0.15, 0.2) is 0 Å². The van der Waals surface area contributed by atoms with Gasteiger partial charge in [0.25, 0.3) is 0 Å². The molecule has 0 radical (unpaired) electrons. The number of hydrogen-bond acceptors (Lipinski definition) is 5. The number of nitrogens with zero attached hydrogens (tertiary/aromatic N) is 3. The average Bonchev–Trinajstić information content (AvgIpc) is 2.72. The largest absolute Gasteiger partial charge is 0.457 e. The third-order valence-corrected chi connectivity index (χ3v) is 5.15. The first kappa shape index (κ1) is 21.1. The van der Waals surface area contributed by atoms with E-state index in [1.807, 2.05) is 17.0 Å². The molecule has 1 aromatic heterocycles. The van der Waals surface area contributed by atoms with E-state index in [-0.39, 0.29) is 5.69 Å². The normalized spacial score (nSPS) is 14.3. The molecule has 9 heteroatoms. The zero-order chi connectivity index (χ0) is 22.2. The summed E-state index contributed by atoms with van der Waals surface area (Å²) in [6.45, 7) is 1.25. The Kier molecular flexibility index (Phi) is 5.34. The van der Waals surface area contributed by atoms with Crippen LogP contribution in [0.5, 0.6) is 11.5 Å². The molecule has 6 nitrogen and oxygen atoms in total. The smallest absolute Gasteiger partial charge is 0.416 e. The number of alkyl halides is 3. The lowest BCUT2D eigenvalue weighted by Gasteiger charge is -2.30. The molecule has 1 aliphatic rings. The first-order valence-corrected chi connectivity index (χ1v) is 9.60. The van der Waals surface area contributed by atoms with Gasteiger partial charge in [-0.15, -0.1) is 0 Å². The molecule has 1 aliphatic heterocycles. The summed E-state index contributed by atoms with van der Waals surface area (Å²) in [5, 5.41) is 19.6. The molecule has 2 N–H and O–H groups in total. The SMILES string of the molecule is C[N+](O)(O)c1ccnc(N2CCc3ccc(Oc4ccc(C(F)(F)F)cc4)cc3C2)c1. The highest BCUT2D eigenvalue weighted by Gasteiger charge is 2.30. The minimum Gasteiger partial charge on any atom is -0.457 e. The van der Waals surface area contributed by atoms with Crippen molar-refractivity contribution < 1.29 is 28.3 Å². The zero-order valence-electron chi connectivity index (χ0n) is 16.7. The third kappa shape index (κ3) is 4.79. The predicted octanol–water partition coefficient (Wildman–Crippen LogP) is 5.17. The summed E-state index contributed by atoms with van der Waals surface area (Å²) in [7, 11) is 1.23. The van der Waals surface area contributed by atoms with Crippen LogP contribution >= 0.6 is 0 Å². The topological polar surface area (TPSA) is 65.8 Å². The number of rotatable bonds is 4. The lowest BCUT2D eigenvalue weighted by molar-refractivity contribution is -0.272. The van der Waals surface area contributed by atoms with Crippen LogP contribution < -0.4 is 14.4 Å². The Labute approximate surface area is 176 Å². The van der Waals surface area contributed by atoms with Gasteiger partial charge < -0.3 is 9.64 Å². The summed E-state index contributed by atoms with van der Waals surface area (Å²) in [5.74, 6) is 1.46. The van der Waals surface area contributed by atoms with Gasteiger partial charge in [0, 0.05) is 31.4 Å². The van der Waals surface area contributed by atoms with Crippen LogP contribution in [-0.2, 0) is 19.1 Å². The van der Waals surface area contributed by atoms with Crippen LogP contribution in [0.3, 0.4) is 0 Å². The van der Waals surface area contributed by atoms with Gasteiger partial charge in [0.2, 0.25) is 5.69 Å². The number of fused-ring (bicyclic) bond motifs is 1. The van der Waals surface area contributed by atoms with Gasteiger partial charge in [0.1, 0.15) is 24.4 Å². The number of pyridine rings is 1. The number of anilines is 1. The van der Waals surface area contributed by atoms with Crippen molar-refractivity contribution in [3.8, 4) is 11.5 Å². The van der Waals surface area contributed by atoms with Crippen molar-refractivity contribution in [3.63, 3.8) is 0 Å². The summed E-state index contributed by atoms with van der Waals surface area (Å²) >= 11 is 0. The second-order valence-electron chi connectivity index (χ2n) is 7.51. The van der Waals surface area contributed by atoms with Crippen LogP contribution in [0.2, 0.25) is 0 Å². The number of aromatic nitrogens is 1. The Bertz CT molecular complexity index is 1080. The molecule has 0 atom stereocenters. The molecule has 0 saturated heterocycles. The Morgan fingerprint density at radius 2 is 1.68 bits per heavy atom. The number of hydrogen-bond donors (Lipinski definition) is 2. The minimum absolute atomic E-state index is 0.287. The summed E-state index contributed by atoms with van der Waals surface area (Å²) in [6.07, 6.45) is -2.10. The molecule has 2 heterocycles. The minimum atomic E-state index is -4.39. The molecule has 31 heavy (non-hydrogen) atoms. The average molecular weight is 432 g/mol. The molecule has 0 amide bonds. The third-order valence-electron chi connectivity index (χ3n) is 5.15. The van der Waals surface area contributed by atoms with Crippen molar-refractivity contribution in [2.45, 2.75) is 19.1 Å². The standard InChI is InChI=1S/C22H21F3N3O3/c1-28(29,30)18-8-10-26-21(13-18)27-11-9-15-2-5-20(12-16(15)14-27)31-19-6-3-17(4-7-19)22(23,24)25/h2-8,10,12-13,29-30H,9,11,14H2,1H3/q+1. The van der Waals surface area contributed by atoms with E-state index >= 15 is 0 Å². The quantitative estimate of drug-likeness (QED) is 0.440. The summed E-state index contributed by atoms with van der Waals surface area (Å²) in [6, 6.07) is 13.3. The molecular weight excluding hydrogens is 411 g/mol. The molecule has 4 rings (SSSR count). The van der Waals surface area contributed by atoms with Crippen molar-refractivity contribution in [1.82, 2.24) is 9.79 Å². The molecular formula is C22H21F3N3O3+. The number of halogens is 3.